The van der Waals surface area contributed by atoms with E-state index in [0.717, 1.165) is 5.01 Å². The molecule has 1 aromatic carbocycles. The zero-order chi connectivity index (χ0) is 16.7. The van der Waals surface area contributed by atoms with Crippen molar-refractivity contribution in [3.8, 4) is 5.75 Å². The van der Waals surface area contributed by atoms with E-state index in [0.29, 0.717) is 35.8 Å². The quantitative estimate of drug-likeness (QED) is 0.806. The van der Waals surface area contributed by atoms with Crippen LogP contribution >= 0.6 is 11.3 Å². The van der Waals surface area contributed by atoms with Crippen LogP contribution in [0, 0.1) is 0 Å². The van der Waals surface area contributed by atoms with Gasteiger partial charge in [-0.15, -0.1) is 10.2 Å². The molecular formula is C15H18N4O3S. The largest absolute Gasteiger partial charge is 0.497 e. The maximum absolute atomic E-state index is 12.0. The minimum Gasteiger partial charge on any atom is -0.497 e. The molecule has 0 saturated heterocycles. The first kappa shape index (κ1) is 16.9. The molecule has 7 nitrogen and oxygen atoms in total. The minimum atomic E-state index is -0.173. The van der Waals surface area contributed by atoms with Crippen LogP contribution in [-0.2, 0) is 11.2 Å². The van der Waals surface area contributed by atoms with Gasteiger partial charge in [0, 0.05) is 24.9 Å². The first-order valence-corrected chi connectivity index (χ1v) is 7.98. The normalized spacial score (nSPS) is 10.2. The molecule has 0 aliphatic carbocycles. The predicted octanol–water partition coefficient (Wildman–Crippen LogP) is 1.87. The number of rotatable bonds is 7. The molecule has 8 heteroatoms. The minimum absolute atomic E-state index is 0.0981. The van der Waals surface area contributed by atoms with Gasteiger partial charge in [-0.25, -0.2) is 0 Å². The molecule has 1 heterocycles. The van der Waals surface area contributed by atoms with Crippen molar-refractivity contribution in [3.63, 3.8) is 0 Å². The van der Waals surface area contributed by atoms with Gasteiger partial charge < -0.3 is 15.4 Å². The number of hydrogen-bond donors (Lipinski definition) is 2. The highest BCUT2D eigenvalue weighted by atomic mass is 32.1. The monoisotopic (exact) mass is 334 g/mol. The van der Waals surface area contributed by atoms with Gasteiger partial charge in [0.05, 0.1) is 7.11 Å². The summed E-state index contributed by atoms with van der Waals surface area (Å²) in [6.45, 7) is 2.21. The molecule has 122 valence electrons. The molecule has 2 aromatic rings. The first-order valence-electron chi connectivity index (χ1n) is 7.17. The Morgan fingerprint density at radius 2 is 2.13 bits per heavy atom. The fraction of sp³-hybridized carbons (Fsp3) is 0.333. The molecule has 2 amide bonds. The molecule has 2 rings (SSSR count). The molecule has 1 aromatic heterocycles. The van der Waals surface area contributed by atoms with Crippen molar-refractivity contribution < 1.29 is 14.3 Å². The number of carbonyl (C=O) groups is 2. The lowest BCUT2D eigenvalue weighted by atomic mass is 10.2. The Labute approximate surface area is 138 Å². The van der Waals surface area contributed by atoms with Crippen LogP contribution in [-0.4, -0.2) is 35.7 Å². The summed E-state index contributed by atoms with van der Waals surface area (Å²) in [4.78, 5) is 23.3. The van der Waals surface area contributed by atoms with E-state index in [4.69, 9.17) is 4.74 Å². The molecule has 0 spiro atoms. The topological polar surface area (TPSA) is 93.2 Å². The highest BCUT2D eigenvalue weighted by molar-refractivity contribution is 7.15. The molecule has 23 heavy (non-hydrogen) atoms. The van der Waals surface area contributed by atoms with Gasteiger partial charge >= 0.3 is 0 Å². The van der Waals surface area contributed by atoms with Crippen molar-refractivity contribution >= 4 is 28.3 Å². The molecular weight excluding hydrogens is 316 g/mol. The average Bonchev–Trinajstić information content (AvgIpc) is 3.01. The third-order valence-electron chi connectivity index (χ3n) is 2.99. The van der Waals surface area contributed by atoms with Gasteiger partial charge in [-0.2, -0.15) is 0 Å². The Morgan fingerprint density at radius 1 is 1.30 bits per heavy atom. The molecule has 2 N–H and O–H groups in total. The zero-order valence-corrected chi connectivity index (χ0v) is 13.8. The lowest BCUT2D eigenvalue weighted by Gasteiger charge is -2.05. The average molecular weight is 334 g/mol. The van der Waals surface area contributed by atoms with Gasteiger partial charge in [0.1, 0.15) is 10.8 Å². The second-order valence-electron chi connectivity index (χ2n) is 4.64. The standard InChI is InChI=1S/C15H18N4O3S/c1-3-12(20)17-15-19-18-13(23-15)7-8-16-14(21)10-5-4-6-11(9-10)22-2/h4-6,9H,3,7-8H2,1-2H3,(H,16,21)(H,17,19,20). The molecule has 0 atom stereocenters. The lowest BCUT2D eigenvalue weighted by molar-refractivity contribution is -0.115. The lowest BCUT2D eigenvalue weighted by Crippen LogP contribution is -2.25. The summed E-state index contributed by atoms with van der Waals surface area (Å²) in [5.41, 5.74) is 0.539. The number of amides is 2. The van der Waals surface area contributed by atoms with E-state index < -0.39 is 0 Å². The second kappa shape index (κ2) is 8.23. The molecule has 0 unspecified atom stereocenters. The summed E-state index contributed by atoms with van der Waals surface area (Å²) in [6, 6.07) is 6.95. The molecule has 0 bridgehead atoms. The molecule has 0 fully saturated rings. The zero-order valence-electron chi connectivity index (χ0n) is 13.0. The van der Waals surface area contributed by atoms with E-state index >= 15 is 0 Å². The van der Waals surface area contributed by atoms with E-state index in [1.54, 1.807) is 38.3 Å². The Morgan fingerprint density at radius 3 is 2.87 bits per heavy atom. The van der Waals surface area contributed by atoms with Gasteiger partial charge in [0.25, 0.3) is 5.91 Å². The van der Waals surface area contributed by atoms with Crippen LogP contribution in [0.3, 0.4) is 0 Å². The van der Waals surface area contributed by atoms with E-state index in [1.807, 2.05) is 0 Å². The second-order valence-corrected chi connectivity index (χ2v) is 5.70. The molecule has 0 aliphatic rings. The Balaban J connectivity index is 1.82. The fourth-order valence-corrected chi connectivity index (χ4v) is 2.52. The van der Waals surface area contributed by atoms with Crippen molar-refractivity contribution in [2.45, 2.75) is 19.8 Å². The highest BCUT2D eigenvalue weighted by Gasteiger charge is 2.09. The van der Waals surface area contributed by atoms with Crippen molar-refractivity contribution in [1.29, 1.82) is 0 Å². The summed E-state index contributed by atoms with van der Waals surface area (Å²) >= 11 is 1.30. The van der Waals surface area contributed by atoms with E-state index in [1.165, 1.54) is 11.3 Å². The fourth-order valence-electron chi connectivity index (χ4n) is 1.76. The van der Waals surface area contributed by atoms with Crippen LogP contribution < -0.4 is 15.4 Å². The Hall–Kier alpha value is -2.48. The third kappa shape index (κ3) is 5.03. The van der Waals surface area contributed by atoms with Gasteiger partial charge in [-0.1, -0.05) is 24.3 Å². The maximum atomic E-state index is 12.0. The van der Waals surface area contributed by atoms with Crippen molar-refractivity contribution in [1.82, 2.24) is 15.5 Å². The Bertz CT molecular complexity index is 687. The number of carbonyl (C=O) groups excluding carboxylic acids is 2. The summed E-state index contributed by atoms with van der Waals surface area (Å²) < 4.78 is 5.09. The van der Waals surface area contributed by atoms with Crippen LogP contribution in [0.15, 0.2) is 24.3 Å². The van der Waals surface area contributed by atoms with Crippen molar-refractivity contribution in [3.05, 3.63) is 34.8 Å². The summed E-state index contributed by atoms with van der Waals surface area (Å²) in [5, 5.41) is 14.6. The van der Waals surface area contributed by atoms with Crippen molar-refractivity contribution in [2.75, 3.05) is 19.0 Å². The number of benzene rings is 1. The maximum Gasteiger partial charge on any atom is 0.251 e. The summed E-state index contributed by atoms with van der Waals surface area (Å²) in [5.74, 6) is 0.366. The van der Waals surface area contributed by atoms with Gasteiger partial charge in [-0.05, 0) is 18.2 Å². The van der Waals surface area contributed by atoms with Gasteiger partial charge in [-0.3, -0.25) is 9.59 Å². The van der Waals surface area contributed by atoms with E-state index in [9.17, 15) is 9.59 Å². The molecule has 0 radical (unpaired) electrons. The number of hydrogen-bond acceptors (Lipinski definition) is 6. The van der Waals surface area contributed by atoms with Crippen LogP contribution in [0.4, 0.5) is 5.13 Å². The summed E-state index contributed by atoms with van der Waals surface area (Å²) in [7, 11) is 1.56. The number of ether oxygens (including phenoxy) is 1. The van der Waals surface area contributed by atoms with Crippen molar-refractivity contribution in [2.24, 2.45) is 0 Å². The predicted molar refractivity (Wildman–Crippen MR) is 87.9 cm³/mol. The SMILES string of the molecule is CCC(=O)Nc1nnc(CCNC(=O)c2cccc(OC)c2)s1. The third-order valence-corrected chi connectivity index (χ3v) is 3.89. The van der Waals surface area contributed by atoms with Crippen LogP contribution in [0.1, 0.15) is 28.7 Å². The number of nitrogens with one attached hydrogen (secondary N) is 2. The number of methoxy groups -OCH3 is 1. The smallest absolute Gasteiger partial charge is 0.251 e. The number of nitrogens with zero attached hydrogens (tertiary/aromatic N) is 2. The number of anilines is 1. The summed E-state index contributed by atoms with van der Waals surface area (Å²) in [6.07, 6.45) is 0.945. The number of aromatic nitrogens is 2. The molecule has 0 saturated carbocycles. The highest BCUT2D eigenvalue weighted by Crippen LogP contribution is 2.16. The first-order chi connectivity index (χ1) is 11.1. The van der Waals surface area contributed by atoms with Crippen LogP contribution in [0.5, 0.6) is 5.75 Å². The van der Waals surface area contributed by atoms with E-state index in [2.05, 4.69) is 20.8 Å². The van der Waals surface area contributed by atoms with Gasteiger partial charge in [0.2, 0.25) is 11.0 Å². The van der Waals surface area contributed by atoms with E-state index in [-0.39, 0.29) is 11.8 Å². The molecule has 0 aliphatic heterocycles. The Kier molecular flexibility index (Phi) is 6.04. The van der Waals surface area contributed by atoms with Gasteiger partial charge in [0.15, 0.2) is 0 Å². The van der Waals surface area contributed by atoms with Crippen LogP contribution in [0.2, 0.25) is 0 Å². The van der Waals surface area contributed by atoms with Crippen LogP contribution in [0.25, 0.3) is 0 Å².